The largest absolute Gasteiger partial charge is 0.450 e. The molecule has 2 N–H and O–H groups in total. The number of carbonyl (C=O) groups excluding carboxylic acids is 2. The summed E-state index contributed by atoms with van der Waals surface area (Å²) >= 11 is 0. The maximum Gasteiger partial charge on any atom is 0.412 e. The molecule has 0 aliphatic carbocycles. The molecule has 0 saturated heterocycles. The minimum absolute atomic E-state index is 0.0555. The van der Waals surface area contributed by atoms with Crippen molar-refractivity contribution >= 4 is 23.5 Å². The van der Waals surface area contributed by atoms with Gasteiger partial charge in [-0.15, -0.1) is 5.10 Å². The minimum atomic E-state index is -0.611. The molecule has 2 aromatic rings. The summed E-state index contributed by atoms with van der Waals surface area (Å²) in [6.07, 6.45) is 1.68. The molecule has 23 heavy (non-hydrogen) atoms. The molecule has 8 nitrogen and oxygen atoms in total. The van der Waals surface area contributed by atoms with Crippen LogP contribution in [0.5, 0.6) is 0 Å². The standard InChI is InChI=1S/C15H19N5O3/c1-3-11-5-7-12(8-6-11)17-14(21)10-20-16-9-13(19-20)18-15(22)23-4-2/h5-9H,3-4,10H2,1-2H3,(H,17,21)(H,18,19,22). The van der Waals surface area contributed by atoms with Crippen LogP contribution < -0.4 is 10.6 Å². The minimum Gasteiger partial charge on any atom is -0.450 e. The molecule has 8 heteroatoms. The Morgan fingerprint density at radius 1 is 1.17 bits per heavy atom. The molecule has 1 aromatic carbocycles. The van der Waals surface area contributed by atoms with Crippen LogP contribution >= 0.6 is 0 Å². The molecular formula is C15H19N5O3. The zero-order valence-electron chi connectivity index (χ0n) is 13.1. The highest BCUT2D eigenvalue weighted by Crippen LogP contribution is 2.10. The van der Waals surface area contributed by atoms with Crippen molar-refractivity contribution in [2.24, 2.45) is 0 Å². The average molecular weight is 317 g/mol. The van der Waals surface area contributed by atoms with Gasteiger partial charge in [0.1, 0.15) is 6.54 Å². The van der Waals surface area contributed by atoms with Crippen LogP contribution in [0.4, 0.5) is 16.3 Å². The number of carbonyl (C=O) groups is 2. The Hall–Kier alpha value is -2.90. The van der Waals surface area contributed by atoms with E-state index in [9.17, 15) is 9.59 Å². The van der Waals surface area contributed by atoms with E-state index in [0.29, 0.717) is 5.69 Å². The first-order valence-electron chi connectivity index (χ1n) is 7.33. The van der Waals surface area contributed by atoms with E-state index in [1.165, 1.54) is 16.6 Å². The number of aryl methyl sites for hydroxylation is 1. The molecule has 0 unspecified atom stereocenters. The number of aromatic nitrogens is 3. The summed E-state index contributed by atoms with van der Waals surface area (Å²) in [6, 6.07) is 7.62. The van der Waals surface area contributed by atoms with Gasteiger partial charge in [0.2, 0.25) is 5.91 Å². The smallest absolute Gasteiger partial charge is 0.412 e. The van der Waals surface area contributed by atoms with Gasteiger partial charge in [0.25, 0.3) is 0 Å². The van der Waals surface area contributed by atoms with Crippen LogP contribution in [0.2, 0.25) is 0 Å². The number of nitrogens with one attached hydrogen (secondary N) is 2. The van der Waals surface area contributed by atoms with Gasteiger partial charge in [-0.05, 0) is 31.0 Å². The molecule has 0 aliphatic rings. The summed E-state index contributed by atoms with van der Waals surface area (Å²) in [5.74, 6) is -0.0314. The predicted molar refractivity (Wildman–Crippen MR) is 85.1 cm³/mol. The third kappa shape index (κ3) is 5.10. The first-order valence-corrected chi connectivity index (χ1v) is 7.33. The van der Waals surface area contributed by atoms with Crippen molar-refractivity contribution in [3.8, 4) is 0 Å². The Bertz CT molecular complexity index is 666. The quantitative estimate of drug-likeness (QED) is 0.849. The van der Waals surface area contributed by atoms with Crippen LogP contribution in [0, 0.1) is 0 Å². The van der Waals surface area contributed by atoms with Crippen molar-refractivity contribution in [3.05, 3.63) is 36.0 Å². The lowest BCUT2D eigenvalue weighted by molar-refractivity contribution is -0.117. The van der Waals surface area contributed by atoms with E-state index in [1.54, 1.807) is 6.92 Å². The van der Waals surface area contributed by atoms with E-state index >= 15 is 0 Å². The Kier molecular flexibility index (Phi) is 5.67. The molecule has 0 atom stereocenters. The number of hydrogen-bond donors (Lipinski definition) is 2. The zero-order chi connectivity index (χ0) is 16.7. The number of hydrogen-bond acceptors (Lipinski definition) is 5. The first kappa shape index (κ1) is 16.5. The molecule has 0 aliphatic heterocycles. The highest BCUT2D eigenvalue weighted by atomic mass is 16.5. The van der Waals surface area contributed by atoms with Gasteiger partial charge in [0.15, 0.2) is 5.82 Å². The molecular weight excluding hydrogens is 298 g/mol. The van der Waals surface area contributed by atoms with E-state index in [2.05, 4.69) is 27.8 Å². The molecule has 1 aromatic heterocycles. The van der Waals surface area contributed by atoms with Crippen LogP contribution in [0.3, 0.4) is 0 Å². The molecule has 0 fully saturated rings. The SMILES string of the molecule is CCOC(=O)Nc1cnn(CC(=O)Nc2ccc(CC)cc2)n1. The second kappa shape index (κ2) is 7.92. The molecule has 0 radical (unpaired) electrons. The second-order valence-corrected chi connectivity index (χ2v) is 4.70. The van der Waals surface area contributed by atoms with E-state index in [-0.39, 0.29) is 24.9 Å². The molecule has 122 valence electrons. The van der Waals surface area contributed by atoms with Crippen LogP contribution in [0.1, 0.15) is 19.4 Å². The fourth-order valence-electron chi connectivity index (χ4n) is 1.86. The summed E-state index contributed by atoms with van der Waals surface area (Å²) in [4.78, 5) is 24.4. The third-order valence-corrected chi connectivity index (χ3v) is 2.97. The average Bonchev–Trinajstić information content (AvgIpc) is 2.95. The normalized spacial score (nSPS) is 10.2. The van der Waals surface area contributed by atoms with Gasteiger partial charge in [0.05, 0.1) is 12.8 Å². The summed E-state index contributed by atoms with van der Waals surface area (Å²) in [7, 11) is 0. The fourth-order valence-corrected chi connectivity index (χ4v) is 1.86. The van der Waals surface area contributed by atoms with Gasteiger partial charge in [-0.3, -0.25) is 10.1 Å². The van der Waals surface area contributed by atoms with Crippen molar-refractivity contribution < 1.29 is 14.3 Å². The van der Waals surface area contributed by atoms with Gasteiger partial charge in [-0.1, -0.05) is 19.1 Å². The number of rotatable bonds is 6. The van der Waals surface area contributed by atoms with Gasteiger partial charge in [0, 0.05) is 5.69 Å². The van der Waals surface area contributed by atoms with Gasteiger partial charge in [-0.2, -0.15) is 9.90 Å². The predicted octanol–water partition coefficient (Wildman–Crippen LogP) is 2.05. The summed E-state index contributed by atoms with van der Waals surface area (Å²) in [6.45, 7) is 3.98. The summed E-state index contributed by atoms with van der Waals surface area (Å²) < 4.78 is 4.73. The van der Waals surface area contributed by atoms with Crippen LogP contribution in [-0.4, -0.2) is 33.6 Å². The Labute approximate surface area is 133 Å². The summed E-state index contributed by atoms with van der Waals surface area (Å²) in [5.41, 5.74) is 1.91. The third-order valence-electron chi connectivity index (χ3n) is 2.97. The maximum atomic E-state index is 11.9. The lowest BCUT2D eigenvalue weighted by atomic mass is 10.1. The highest BCUT2D eigenvalue weighted by Gasteiger charge is 2.09. The van der Waals surface area contributed by atoms with Crippen LogP contribution in [0.25, 0.3) is 0 Å². The number of benzene rings is 1. The number of anilines is 2. The molecule has 2 rings (SSSR count). The van der Waals surface area contributed by atoms with Crippen molar-refractivity contribution in [2.45, 2.75) is 26.8 Å². The fraction of sp³-hybridized carbons (Fsp3) is 0.333. The van der Waals surface area contributed by atoms with Crippen LogP contribution in [-0.2, 0) is 22.5 Å². The van der Waals surface area contributed by atoms with Crippen molar-refractivity contribution in [2.75, 3.05) is 17.2 Å². The molecule has 0 bridgehead atoms. The molecule has 0 spiro atoms. The summed E-state index contributed by atoms with van der Waals surface area (Å²) in [5, 5.41) is 13.1. The lowest BCUT2D eigenvalue weighted by Crippen LogP contribution is -2.20. The van der Waals surface area contributed by atoms with E-state index in [1.807, 2.05) is 24.3 Å². The number of ether oxygens (including phenoxy) is 1. The van der Waals surface area contributed by atoms with Crippen molar-refractivity contribution in [3.63, 3.8) is 0 Å². The maximum absolute atomic E-state index is 11.9. The van der Waals surface area contributed by atoms with Crippen molar-refractivity contribution in [1.29, 1.82) is 0 Å². The Morgan fingerprint density at radius 3 is 2.57 bits per heavy atom. The highest BCUT2D eigenvalue weighted by molar-refractivity contribution is 5.90. The molecule has 2 amide bonds. The van der Waals surface area contributed by atoms with Crippen molar-refractivity contribution in [1.82, 2.24) is 15.0 Å². The van der Waals surface area contributed by atoms with Gasteiger partial charge < -0.3 is 10.1 Å². The van der Waals surface area contributed by atoms with Crippen LogP contribution in [0.15, 0.2) is 30.5 Å². The first-order chi connectivity index (χ1) is 11.1. The zero-order valence-corrected chi connectivity index (χ0v) is 13.1. The van der Waals surface area contributed by atoms with Gasteiger partial charge >= 0.3 is 6.09 Å². The van der Waals surface area contributed by atoms with E-state index in [0.717, 1.165) is 6.42 Å². The topological polar surface area (TPSA) is 98.1 Å². The second-order valence-electron chi connectivity index (χ2n) is 4.70. The van der Waals surface area contributed by atoms with E-state index in [4.69, 9.17) is 4.74 Å². The van der Waals surface area contributed by atoms with E-state index < -0.39 is 6.09 Å². The Balaban J connectivity index is 1.87. The Morgan fingerprint density at radius 2 is 1.91 bits per heavy atom. The van der Waals surface area contributed by atoms with Gasteiger partial charge in [-0.25, -0.2) is 4.79 Å². The number of amides is 2. The molecule has 1 heterocycles. The number of nitrogens with zero attached hydrogens (tertiary/aromatic N) is 3. The monoisotopic (exact) mass is 317 g/mol. The lowest BCUT2D eigenvalue weighted by Gasteiger charge is -2.05. The molecule has 0 saturated carbocycles.